The Morgan fingerprint density at radius 1 is 1.21 bits per heavy atom. The van der Waals surface area contributed by atoms with E-state index in [1.807, 2.05) is 24.3 Å². The fourth-order valence-electron chi connectivity index (χ4n) is 3.12. The maximum Gasteiger partial charge on any atom is 0.361 e. The van der Waals surface area contributed by atoms with Crippen molar-refractivity contribution in [2.24, 2.45) is 0 Å². The standard InChI is InChI=1S/C19H14BrClN6O2/c20-11-3-5-12(6-4-11)27-17(10-1-2-10)16(25-26-27)19(28)29-9-15-22-13-7-8-14(21)23-18(13)24-15/h3-8,10H,1-2,9H2,(H,22,23,24). The molecule has 8 nitrogen and oxygen atoms in total. The molecule has 1 fully saturated rings. The molecule has 1 saturated carbocycles. The van der Waals surface area contributed by atoms with E-state index >= 15 is 0 Å². The van der Waals surface area contributed by atoms with Gasteiger partial charge in [0.25, 0.3) is 0 Å². The number of hydrogen-bond donors (Lipinski definition) is 1. The summed E-state index contributed by atoms with van der Waals surface area (Å²) in [7, 11) is 0. The van der Waals surface area contributed by atoms with Crippen molar-refractivity contribution in [2.75, 3.05) is 0 Å². The van der Waals surface area contributed by atoms with Crippen LogP contribution in [0.15, 0.2) is 40.9 Å². The molecule has 146 valence electrons. The van der Waals surface area contributed by atoms with Gasteiger partial charge in [0.05, 0.1) is 16.9 Å². The van der Waals surface area contributed by atoms with Gasteiger partial charge in [-0.15, -0.1) is 5.10 Å². The molecule has 3 heterocycles. The van der Waals surface area contributed by atoms with Crippen molar-refractivity contribution >= 4 is 44.7 Å². The average molecular weight is 474 g/mol. The second-order valence-electron chi connectivity index (χ2n) is 6.75. The van der Waals surface area contributed by atoms with E-state index in [9.17, 15) is 4.79 Å². The van der Waals surface area contributed by atoms with E-state index in [1.54, 1.807) is 16.8 Å². The van der Waals surface area contributed by atoms with Crippen molar-refractivity contribution in [3.05, 3.63) is 63.2 Å². The van der Waals surface area contributed by atoms with Crippen LogP contribution in [0.2, 0.25) is 5.15 Å². The second kappa shape index (κ2) is 7.23. The second-order valence-corrected chi connectivity index (χ2v) is 8.05. The first kappa shape index (κ1) is 18.3. The maximum atomic E-state index is 12.7. The van der Waals surface area contributed by atoms with Crippen molar-refractivity contribution in [1.29, 1.82) is 0 Å². The van der Waals surface area contributed by atoms with Gasteiger partial charge in [0.2, 0.25) is 0 Å². The van der Waals surface area contributed by atoms with E-state index in [1.165, 1.54) is 0 Å². The number of rotatable bonds is 5. The number of pyridine rings is 1. The molecule has 3 aromatic heterocycles. The quantitative estimate of drug-likeness (QED) is 0.345. The van der Waals surface area contributed by atoms with Gasteiger partial charge in [-0.2, -0.15) is 0 Å². The minimum absolute atomic E-state index is 0.0257. The Kier molecular flexibility index (Phi) is 4.56. The summed E-state index contributed by atoms with van der Waals surface area (Å²) in [4.78, 5) is 24.2. The van der Waals surface area contributed by atoms with Crippen LogP contribution in [0.5, 0.6) is 0 Å². The third-order valence-electron chi connectivity index (χ3n) is 4.63. The molecule has 0 unspecified atom stereocenters. The summed E-state index contributed by atoms with van der Waals surface area (Å²) >= 11 is 9.30. The summed E-state index contributed by atoms with van der Waals surface area (Å²) in [5, 5.41) is 8.66. The van der Waals surface area contributed by atoms with Gasteiger partial charge in [0, 0.05) is 10.4 Å². The Bertz CT molecular complexity index is 1220. The van der Waals surface area contributed by atoms with Gasteiger partial charge >= 0.3 is 5.97 Å². The Morgan fingerprint density at radius 2 is 2.00 bits per heavy atom. The normalized spacial score (nSPS) is 13.7. The first-order chi connectivity index (χ1) is 14.1. The van der Waals surface area contributed by atoms with Crippen LogP contribution in [-0.2, 0) is 11.3 Å². The Morgan fingerprint density at radius 3 is 2.76 bits per heavy atom. The number of ether oxygens (including phenoxy) is 1. The van der Waals surface area contributed by atoms with Crippen LogP contribution in [-0.4, -0.2) is 35.9 Å². The van der Waals surface area contributed by atoms with Crippen molar-refractivity contribution < 1.29 is 9.53 Å². The highest BCUT2D eigenvalue weighted by atomic mass is 79.9. The molecule has 0 aliphatic heterocycles. The molecule has 0 radical (unpaired) electrons. The average Bonchev–Trinajstić information content (AvgIpc) is 3.32. The molecule has 0 amide bonds. The highest BCUT2D eigenvalue weighted by Crippen LogP contribution is 2.42. The molecule has 1 aromatic carbocycles. The molecule has 5 rings (SSSR count). The van der Waals surface area contributed by atoms with Crippen molar-refractivity contribution in [3.8, 4) is 5.69 Å². The predicted molar refractivity (Wildman–Crippen MR) is 109 cm³/mol. The van der Waals surface area contributed by atoms with Gasteiger partial charge < -0.3 is 9.72 Å². The molecular formula is C19H14BrClN6O2. The van der Waals surface area contributed by atoms with Crippen LogP contribution < -0.4 is 0 Å². The minimum atomic E-state index is -0.526. The number of carbonyl (C=O) groups is 1. The number of H-pyrrole nitrogens is 1. The topological polar surface area (TPSA) is 98.6 Å². The fourth-order valence-corrected chi connectivity index (χ4v) is 3.53. The SMILES string of the molecule is O=C(OCc1nc2nc(Cl)ccc2[nH]1)c1nnn(-c2ccc(Br)cc2)c1C1CC1. The number of benzene rings is 1. The smallest absolute Gasteiger partial charge is 0.361 e. The number of halogens is 2. The highest BCUT2D eigenvalue weighted by molar-refractivity contribution is 9.10. The molecule has 0 bridgehead atoms. The summed E-state index contributed by atoms with van der Waals surface area (Å²) < 4.78 is 8.13. The molecule has 29 heavy (non-hydrogen) atoms. The lowest BCUT2D eigenvalue weighted by molar-refractivity contribution is 0.0455. The highest BCUT2D eigenvalue weighted by Gasteiger charge is 2.35. The zero-order chi connectivity index (χ0) is 20.0. The van der Waals surface area contributed by atoms with E-state index < -0.39 is 5.97 Å². The van der Waals surface area contributed by atoms with Crippen LogP contribution in [0.3, 0.4) is 0 Å². The third-order valence-corrected chi connectivity index (χ3v) is 5.37. The maximum absolute atomic E-state index is 12.7. The van der Waals surface area contributed by atoms with Crippen LogP contribution in [0.1, 0.15) is 40.8 Å². The van der Waals surface area contributed by atoms with E-state index in [0.29, 0.717) is 16.6 Å². The zero-order valence-corrected chi connectivity index (χ0v) is 17.3. The molecule has 10 heteroatoms. The Hall–Kier alpha value is -2.78. The minimum Gasteiger partial charge on any atom is -0.453 e. The Labute approximate surface area is 178 Å². The Balaban J connectivity index is 1.38. The predicted octanol–water partition coefficient (Wildman–Crippen LogP) is 4.19. The van der Waals surface area contributed by atoms with E-state index in [2.05, 4.69) is 41.2 Å². The molecular weight excluding hydrogens is 460 g/mol. The largest absolute Gasteiger partial charge is 0.453 e. The summed E-state index contributed by atoms with van der Waals surface area (Å²) in [5.41, 5.74) is 3.08. The summed E-state index contributed by atoms with van der Waals surface area (Å²) in [6.45, 7) is -0.0257. The number of aromatic nitrogens is 6. The zero-order valence-electron chi connectivity index (χ0n) is 15.0. The molecule has 0 atom stereocenters. The summed E-state index contributed by atoms with van der Waals surface area (Å²) in [6.07, 6.45) is 2.00. The van der Waals surface area contributed by atoms with Crippen LogP contribution in [0.4, 0.5) is 0 Å². The van der Waals surface area contributed by atoms with Gasteiger partial charge in [-0.1, -0.05) is 32.7 Å². The number of carbonyl (C=O) groups excluding carboxylic acids is 1. The van der Waals surface area contributed by atoms with Gasteiger partial charge in [0.1, 0.15) is 17.6 Å². The lowest BCUT2D eigenvalue weighted by atomic mass is 10.2. The monoisotopic (exact) mass is 472 g/mol. The number of esters is 1. The molecule has 0 spiro atoms. The van der Waals surface area contributed by atoms with Crippen molar-refractivity contribution in [2.45, 2.75) is 25.4 Å². The lowest BCUT2D eigenvalue weighted by Crippen LogP contribution is -2.10. The fraction of sp³-hybridized carbons (Fsp3) is 0.211. The van der Waals surface area contributed by atoms with E-state index in [4.69, 9.17) is 16.3 Å². The number of aromatic amines is 1. The number of nitrogens with one attached hydrogen (secondary N) is 1. The van der Waals surface area contributed by atoms with Gasteiger partial charge in [0.15, 0.2) is 11.3 Å². The lowest BCUT2D eigenvalue weighted by Gasteiger charge is -2.07. The first-order valence-corrected chi connectivity index (χ1v) is 10.2. The molecule has 1 aliphatic carbocycles. The molecule has 4 aromatic rings. The molecule has 1 N–H and O–H groups in total. The van der Waals surface area contributed by atoms with Gasteiger partial charge in [-0.05, 0) is 49.2 Å². The van der Waals surface area contributed by atoms with E-state index in [0.717, 1.165) is 34.2 Å². The van der Waals surface area contributed by atoms with Crippen LogP contribution in [0.25, 0.3) is 16.9 Å². The van der Waals surface area contributed by atoms with Crippen LogP contribution in [0, 0.1) is 0 Å². The number of nitrogens with zero attached hydrogens (tertiary/aromatic N) is 5. The number of fused-ring (bicyclic) bond motifs is 1. The third kappa shape index (κ3) is 3.63. The molecule has 0 saturated heterocycles. The van der Waals surface area contributed by atoms with Crippen molar-refractivity contribution in [3.63, 3.8) is 0 Å². The number of hydrogen-bond acceptors (Lipinski definition) is 6. The van der Waals surface area contributed by atoms with E-state index in [-0.39, 0.29) is 18.2 Å². The number of imidazole rings is 1. The molecule has 1 aliphatic rings. The van der Waals surface area contributed by atoms with Gasteiger partial charge in [-0.3, -0.25) is 0 Å². The first-order valence-electron chi connectivity index (χ1n) is 8.98. The summed E-state index contributed by atoms with van der Waals surface area (Å²) in [5.74, 6) is 0.215. The summed E-state index contributed by atoms with van der Waals surface area (Å²) in [6, 6.07) is 11.1. The van der Waals surface area contributed by atoms with Crippen LogP contribution >= 0.6 is 27.5 Å². The van der Waals surface area contributed by atoms with Crippen molar-refractivity contribution in [1.82, 2.24) is 29.9 Å². The van der Waals surface area contributed by atoms with Gasteiger partial charge in [-0.25, -0.2) is 19.4 Å².